The molecule has 1 aliphatic carbocycles. The van der Waals surface area contributed by atoms with Crippen LogP contribution in [-0.4, -0.2) is 37.6 Å². The van der Waals surface area contributed by atoms with Crippen molar-refractivity contribution in [2.24, 2.45) is 11.3 Å². The molecule has 0 aromatic carbocycles. The highest BCUT2D eigenvalue weighted by molar-refractivity contribution is 4.87. The molecule has 0 aliphatic heterocycles. The van der Waals surface area contributed by atoms with Gasteiger partial charge in [-0.1, -0.05) is 39.5 Å². The van der Waals surface area contributed by atoms with E-state index >= 15 is 0 Å². The van der Waals surface area contributed by atoms with E-state index < -0.39 is 0 Å². The van der Waals surface area contributed by atoms with Crippen molar-refractivity contribution in [3.05, 3.63) is 0 Å². The van der Waals surface area contributed by atoms with Gasteiger partial charge in [0.25, 0.3) is 0 Å². The van der Waals surface area contributed by atoms with Crippen molar-refractivity contribution < 1.29 is 0 Å². The second kappa shape index (κ2) is 8.26. The van der Waals surface area contributed by atoms with Crippen molar-refractivity contribution in [2.75, 3.05) is 26.7 Å². The second-order valence-electron chi connectivity index (χ2n) is 7.36. The Hall–Kier alpha value is -0.0800. The van der Waals surface area contributed by atoms with Crippen molar-refractivity contribution in [1.29, 1.82) is 0 Å². The summed E-state index contributed by atoms with van der Waals surface area (Å²) in [5, 5.41) is 3.48. The summed E-state index contributed by atoms with van der Waals surface area (Å²) in [5.74, 6) is 0.764. The number of nitrogens with zero attached hydrogens (tertiary/aromatic N) is 1. The maximum absolute atomic E-state index is 3.48. The van der Waals surface area contributed by atoms with Gasteiger partial charge in [-0.05, 0) is 45.1 Å². The molecule has 0 radical (unpaired) electrons. The predicted molar refractivity (Wildman–Crippen MR) is 85.6 cm³/mol. The van der Waals surface area contributed by atoms with Crippen LogP contribution >= 0.6 is 0 Å². The molecule has 1 rings (SSSR count). The third-order valence-electron chi connectivity index (χ3n) is 4.58. The van der Waals surface area contributed by atoms with E-state index in [0.717, 1.165) is 5.92 Å². The summed E-state index contributed by atoms with van der Waals surface area (Å²) >= 11 is 0. The molecular formula is C17H36N2. The molecule has 0 bridgehead atoms. The average Bonchev–Trinajstić information content (AvgIpc) is 2.54. The molecule has 0 aromatic rings. The molecular weight excluding hydrogens is 232 g/mol. The van der Waals surface area contributed by atoms with Gasteiger partial charge in [-0.25, -0.2) is 0 Å². The second-order valence-corrected chi connectivity index (χ2v) is 7.36. The third kappa shape index (κ3) is 5.83. The number of hydrogen-bond acceptors (Lipinski definition) is 2. The molecule has 19 heavy (non-hydrogen) atoms. The van der Waals surface area contributed by atoms with Crippen molar-refractivity contribution in [3.63, 3.8) is 0 Å². The third-order valence-corrected chi connectivity index (χ3v) is 4.58. The van der Waals surface area contributed by atoms with Crippen LogP contribution in [-0.2, 0) is 0 Å². The number of hydrogen-bond donors (Lipinski definition) is 1. The Labute approximate surface area is 121 Å². The van der Waals surface area contributed by atoms with Crippen LogP contribution in [0, 0.1) is 11.3 Å². The Morgan fingerprint density at radius 3 is 2.00 bits per heavy atom. The van der Waals surface area contributed by atoms with Gasteiger partial charge in [0.15, 0.2) is 0 Å². The zero-order valence-electron chi connectivity index (χ0n) is 14.0. The van der Waals surface area contributed by atoms with E-state index in [-0.39, 0.29) is 0 Å². The lowest BCUT2D eigenvalue weighted by Crippen LogP contribution is -2.47. The van der Waals surface area contributed by atoms with Gasteiger partial charge >= 0.3 is 0 Å². The van der Waals surface area contributed by atoms with Crippen LogP contribution in [0.2, 0.25) is 0 Å². The van der Waals surface area contributed by atoms with Crippen molar-refractivity contribution in [2.45, 2.75) is 72.3 Å². The Morgan fingerprint density at radius 1 is 1.00 bits per heavy atom. The van der Waals surface area contributed by atoms with Crippen LogP contribution in [0.25, 0.3) is 0 Å². The number of nitrogens with one attached hydrogen (secondary N) is 1. The first-order chi connectivity index (χ1) is 8.99. The van der Waals surface area contributed by atoms with Crippen molar-refractivity contribution in [3.8, 4) is 0 Å². The summed E-state index contributed by atoms with van der Waals surface area (Å²) in [7, 11) is 2.12. The van der Waals surface area contributed by atoms with E-state index in [1.54, 1.807) is 0 Å². The fourth-order valence-electron chi connectivity index (χ4n) is 3.60. The topological polar surface area (TPSA) is 15.3 Å². The molecule has 2 nitrogen and oxygen atoms in total. The van der Waals surface area contributed by atoms with Crippen LogP contribution in [0.4, 0.5) is 0 Å². The van der Waals surface area contributed by atoms with Crippen molar-refractivity contribution in [1.82, 2.24) is 10.2 Å². The largest absolute Gasteiger partial charge is 0.319 e. The molecule has 1 fully saturated rings. The van der Waals surface area contributed by atoms with E-state index in [9.17, 15) is 0 Å². The minimum Gasteiger partial charge on any atom is -0.319 e. The Morgan fingerprint density at radius 2 is 1.58 bits per heavy atom. The van der Waals surface area contributed by atoms with Crippen LogP contribution in [0.1, 0.15) is 66.2 Å². The standard InChI is InChI=1S/C17H36N2/c1-15(2)12-19(16(3)4)14-17(13-18-5)10-8-6-7-9-11-17/h15-16,18H,6-14H2,1-5H3. The first-order valence-corrected chi connectivity index (χ1v) is 8.38. The molecule has 0 spiro atoms. The summed E-state index contributed by atoms with van der Waals surface area (Å²) in [4.78, 5) is 2.72. The molecule has 0 saturated heterocycles. The average molecular weight is 268 g/mol. The van der Waals surface area contributed by atoms with Gasteiger partial charge in [0.1, 0.15) is 0 Å². The Balaban J connectivity index is 2.72. The number of rotatable bonds is 7. The zero-order chi connectivity index (χ0) is 14.3. The zero-order valence-corrected chi connectivity index (χ0v) is 14.0. The van der Waals surface area contributed by atoms with Crippen LogP contribution in [0.15, 0.2) is 0 Å². The van der Waals surface area contributed by atoms with Gasteiger partial charge in [0, 0.05) is 25.7 Å². The van der Waals surface area contributed by atoms with E-state index in [4.69, 9.17) is 0 Å². The minimum atomic E-state index is 0.518. The lowest BCUT2D eigenvalue weighted by atomic mass is 9.79. The van der Waals surface area contributed by atoms with Gasteiger partial charge in [0.05, 0.1) is 0 Å². The van der Waals surface area contributed by atoms with Crippen LogP contribution in [0.5, 0.6) is 0 Å². The monoisotopic (exact) mass is 268 g/mol. The molecule has 2 heteroatoms. The summed E-state index contributed by atoms with van der Waals surface area (Å²) < 4.78 is 0. The first-order valence-electron chi connectivity index (χ1n) is 8.38. The molecule has 0 heterocycles. The van der Waals surface area contributed by atoms with Gasteiger partial charge in [-0.3, -0.25) is 0 Å². The fourth-order valence-corrected chi connectivity index (χ4v) is 3.60. The molecule has 114 valence electrons. The van der Waals surface area contributed by atoms with E-state index in [1.165, 1.54) is 58.2 Å². The normalized spacial score (nSPS) is 20.2. The SMILES string of the molecule is CNCC1(CN(CC(C)C)C(C)C)CCCCCC1. The van der Waals surface area contributed by atoms with Crippen LogP contribution in [0.3, 0.4) is 0 Å². The van der Waals surface area contributed by atoms with Crippen LogP contribution < -0.4 is 5.32 Å². The quantitative estimate of drug-likeness (QED) is 0.704. The minimum absolute atomic E-state index is 0.518. The molecule has 0 aromatic heterocycles. The van der Waals surface area contributed by atoms with E-state index in [1.807, 2.05) is 0 Å². The lowest BCUT2D eigenvalue weighted by molar-refractivity contribution is 0.0949. The van der Waals surface area contributed by atoms with Gasteiger partial charge in [0.2, 0.25) is 0 Å². The highest BCUT2D eigenvalue weighted by atomic mass is 15.2. The molecule has 0 amide bonds. The van der Waals surface area contributed by atoms with Gasteiger partial charge in [-0.2, -0.15) is 0 Å². The van der Waals surface area contributed by atoms with Gasteiger partial charge in [-0.15, -0.1) is 0 Å². The van der Waals surface area contributed by atoms with Gasteiger partial charge < -0.3 is 10.2 Å². The molecule has 0 atom stereocenters. The molecule has 1 N–H and O–H groups in total. The first kappa shape index (κ1) is 17.0. The maximum atomic E-state index is 3.48. The highest BCUT2D eigenvalue weighted by Crippen LogP contribution is 2.36. The smallest absolute Gasteiger partial charge is 0.00530 e. The fraction of sp³-hybridized carbons (Fsp3) is 1.00. The summed E-state index contributed by atoms with van der Waals surface area (Å²) in [5.41, 5.74) is 0.518. The summed E-state index contributed by atoms with van der Waals surface area (Å²) in [6, 6.07) is 0.666. The predicted octanol–water partition coefficient (Wildman–Crippen LogP) is 3.91. The maximum Gasteiger partial charge on any atom is 0.00530 e. The highest BCUT2D eigenvalue weighted by Gasteiger charge is 2.33. The Bertz CT molecular complexity index is 227. The van der Waals surface area contributed by atoms with E-state index in [0.29, 0.717) is 11.5 Å². The molecule has 1 aliphatic rings. The van der Waals surface area contributed by atoms with E-state index in [2.05, 4.69) is 45.0 Å². The van der Waals surface area contributed by atoms with Crippen molar-refractivity contribution >= 4 is 0 Å². The summed E-state index contributed by atoms with van der Waals surface area (Å²) in [6.45, 7) is 13.1. The molecule has 0 unspecified atom stereocenters. The summed E-state index contributed by atoms with van der Waals surface area (Å²) in [6.07, 6.45) is 8.56. The lowest BCUT2D eigenvalue weighted by Gasteiger charge is -2.40. The Kier molecular flexibility index (Phi) is 7.38. The molecule has 1 saturated carbocycles.